The maximum atomic E-state index is 3.88. The molecule has 1 heterocycles. The molecular formula is C8H13N3. The van der Waals surface area contributed by atoms with Gasteiger partial charge in [0.15, 0.2) is 0 Å². The Labute approximate surface area is 67.2 Å². The Balaban J connectivity index is 0.000000292. The van der Waals surface area contributed by atoms with E-state index in [0.717, 1.165) is 0 Å². The van der Waals surface area contributed by atoms with Crippen LogP contribution in [-0.4, -0.2) is 17.0 Å². The normalized spacial score (nSPS) is 7.45. The zero-order chi connectivity index (χ0) is 8.53. The van der Waals surface area contributed by atoms with Crippen LogP contribution in [0.2, 0.25) is 0 Å². The molecule has 0 aliphatic heterocycles. The van der Waals surface area contributed by atoms with Crippen LogP contribution in [0, 0.1) is 0 Å². The molecule has 1 aromatic rings. The highest BCUT2D eigenvalue weighted by atomic mass is 15.1. The lowest BCUT2D eigenvalue weighted by Gasteiger charge is -1.91. The molecule has 1 N–H and O–H groups in total. The Morgan fingerprint density at radius 1 is 1.45 bits per heavy atom. The molecule has 0 saturated carbocycles. The Hall–Kier alpha value is -1.38. The predicted octanol–water partition coefficient (Wildman–Crippen LogP) is 1.71. The van der Waals surface area contributed by atoms with Gasteiger partial charge >= 0.3 is 0 Å². The molecule has 3 heteroatoms. The quantitative estimate of drug-likeness (QED) is 0.621. The van der Waals surface area contributed by atoms with Gasteiger partial charge in [0.05, 0.1) is 0 Å². The van der Waals surface area contributed by atoms with Gasteiger partial charge < -0.3 is 5.32 Å². The highest BCUT2D eigenvalue weighted by Gasteiger charge is 1.81. The summed E-state index contributed by atoms with van der Waals surface area (Å²) >= 11 is 0. The summed E-state index contributed by atoms with van der Waals surface area (Å²) in [5.74, 6) is 0.660. The van der Waals surface area contributed by atoms with Crippen LogP contribution in [0.15, 0.2) is 31.1 Å². The number of rotatable bonds is 1. The lowest BCUT2D eigenvalue weighted by molar-refractivity contribution is 1.15. The minimum Gasteiger partial charge on any atom is -0.357 e. The van der Waals surface area contributed by atoms with Gasteiger partial charge in [0.1, 0.15) is 0 Å². The van der Waals surface area contributed by atoms with Crippen molar-refractivity contribution in [1.82, 2.24) is 9.97 Å². The van der Waals surface area contributed by atoms with Crippen molar-refractivity contribution >= 4 is 5.95 Å². The lowest BCUT2D eigenvalue weighted by atomic mass is 10.7. The second-order valence-corrected chi connectivity index (χ2v) is 1.73. The molecule has 0 fully saturated rings. The number of hydrogen-bond acceptors (Lipinski definition) is 3. The SMILES string of the molecule is C=CC.CNc1ncccn1. The topological polar surface area (TPSA) is 37.8 Å². The van der Waals surface area contributed by atoms with Crippen LogP contribution in [-0.2, 0) is 0 Å². The fourth-order valence-corrected chi connectivity index (χ4v) is 0.428. The first-order chi connectivity index (χ1) is 5.35. The van der Waals surface area contributed by atoms with E-state index in [1.54, 1.807) is 31.6 Å². The van der Waals surface area contributed by atoms with E-state index in [-0.39, 0.29) is 0 Å². The molecule has 1 rings (SSSR count). The van der Waals surface area contributed by atoms with Crippen molar-refractivity contribution in [3.8, 4) is 0 Å². The van der Waals surface area contributed by atoms with Crippen LogP contribution < -0.4 is 5.32 Å². The van der Waals surface area contributed by atoms with E-state index in [1.165, 1.54) is 0 Å². The van der Waals surface area contributed by atoms with Gasteiger partial charge in [-0.2, -0.15) is 0 Å². The number of aromatic nitrogens is 2. The molecule has 0 amide bonds. The minimum atomic E-state index is 0.660. The smallest absolute Gasteiger partial charge is 0.222 e. The molecule has 0 saturated heterocycles. The van der Waals surface area contributed by atoms with E-state index in [2.05, 4.69) is 21.9 Å². The van der Waals surface area contributed by atoms with Gasteiger partial charge in [0.25, 0.3) is 0 Å². The molecule has 0 aliphatic rings. The van der Waals surface area contributed by atoms with Crippen molar-refractivity contribution in [1.29, 1.82) is 0 Å². The van der Waals surface area contributed by atoms with E-state index in [0.29, 0.717) is 5.95 Å². The molecule has 0 aromatic carbocycles. The van der Waals surface area contributed by atoms with Gasteiger partial charge in [-0.25, -0.2) is 9.97 Å². The summed E-state index contributed by atoms with van der Waals surface area (Å²) in [6.07, 6.45) is 5.14. The molecule has 0 bridgehead atoms. The second kappa shape index (κ2) is 6.74. The molecular weight excluding hydrogens is 138 g/mol. The van der Waals surface area contributed by atoms with Gasteiger partial charge in [0.2, 0.25) is 5.95 Å². The average molecular weight is 151 g/mol. The Morgan fingerprint density at radius 2 is 1.91 bits per heavy atom. The Bertz CT molecular complexity index is 184. The molecule has 3 nitrogen and oxygen atoms in total. The average Bonchev–Trinajstić information content (AvgIpc) is 2.08. The van der Waals surface area contributed by atoms with Gasteiger partial charge in [0, 0.05) is 19.4 Å². The van der Waals surface area contributed by atoms with Crippen molar-refractivity contribution in [3.05, 3.63) is 31.1 Å². The van der Waals surface area contributed by atoms with Crippen molar-refractivity contribution in [3.63, 3.8) is 0 Å². The fraction of sp³-hybridized carbons (Fsp3) is 0.250. The minimum absolute atomic E-state index is 0.660. The summed E-state index contributed by atoms with van der Waals surface area (Å²) in [6, 6.07) is 1.78. The Morgan fingerprint density at radius 3 is 2.18 bits per heavy atom. The largest absolute Gasteiger partial charge is 0.357 e. The monoisotopic (exact) mass is 151 g/mol. The standard InChI is InChI=1S/C5H7N3.C3H6/c1-6-5-7-3-2-4-8-5;1-3-2/h2-4H,1H3,(H,6,7,8);3H,1H2,2H3. The van der Waals surface area contributed by atoms with Crippen molar-refractivity contribution < 1.29 is 0 Å². The second-order valence-electron chi connectivity index (χ2n) is 1.73. The molecule has 60 valence electrons. The number of anilines is 1. The predicted molar refractivity (Wildman–Crippen MR) is 47.4 cm³/mol. The summed E-state index contributed by atoms with van der Waals surface area (Å²) in [4.78, 5) is 7.75. The van der Waals surface area contributed by atoms with E-state index in [1.807, 2.05) is 6.92 Å². The zero-order valence-corrected chi connectivity index (χ0v) is 6.91. The third-order valence-electron chi connectivity index (χ3n) is 0.789. The van der Waals surface area contributed by atoms with Gasteiger partial charge in [-0.05, 0) is 13.0 Å². The summed E-state index contributed by atoms with van der Waals surface area (Å²) in [5.41, 5.74) is 0. The summed E-state index contributed by atoms with van der Waals surface area (Å²) in [7, 11) is 1.79. The molecule has 0 atom stereocenters. The van der Waals surface area contributed by atoms with Crippen LogP contribution in [0.25, 0.3) is 0 Å². The first-order valence-corrected chi connectivity index (χ1v) is 3.37. The maximum absolute atomic E-state index is 3.88. The molecule has 0 aliphatic carbocycles. The van der Waals surface area contributed by atoms with Gasteiger partial charge in [-0.1, -0.05) is 6.08 Å². The number of nitrogens with one attached hydrogen (secondary N) is 1. The molecule has 0 unspecified atom stereocenters. The van der Waals surface area contributed by atoms with Crippen molar-refractivity contribution in [2.75, 3.05) is 12.4 Å². The highest BCUT2D eigenvalue weighted by molar-refractivity contribution is 5.19. The van der Waals surface area contributed by atoms with E-state index in [4.69, 9.17) is 0 Å². The van der Waals surface area contributed by atoms with E-state index in [9.17, 15) is 0 Å². The summed E-state index contributed by atoms with van der Waals surface area (Å²) in [6.45, 7) is 5.25. The first kappa shape index (κ1) is 9.62. The first-order valence-electron chi connectivity index (χ1n) is 3.37. The summed E-state index contributed by atoms with van der Waals surface area (Å²) < 4.78 is 0. The van der Waals surface area contributed by atoms with Crippen LogP contribution in [0.1, 0.15) is 6.92 Å². The molecule has 1 aromatic heterocycles. The van der Waals surface area contributed by atoms with Crippen LogP contribution in [0.4, 0.5) is 5.95 Å². The molecule has 0 radical (unpaired) electrons. The lowest BCUT2D eigenvalue weighted by Crippen LogP contribution is -1.92. The highest BCUT2D eigenvalue weighted by Crippen LogP contribution is 1.88. The van der Waals surface area contributed by atoms with E-state index >= 15 is 0 Å². The molecule has 0 spiro atoms. The van der Waals surface area contributed by atoms with Crippen LogP contribution >= 0.6 is 0 Å². The third kappa shape index (κ3) is 5.08. The van der Waals surface area contributed by atoms with Crippen molar-refractivity contribution in [2.45, 2.75) is 6.92 Å². The van der Waals surface area contributed by atoms with Crippen molar-refractivity contribution in [2.24, 2.45) is 0 Å². The van der Waals surface area contributed by atoms with Gasteiger partial charge in [-0.3, -0.25) is 0 Å². The number of allylic oxidation sites excluding steroid dienone is 1. The van der Waals surface area contributed by atoms with Crippen LogP contribution in [0.5, 0.6) is 0 Å². The number of nitrogens with zero attached hydrogens (tertiary/aromatic N) is 2. The fourth-order valence-electron chi connectivity index (χ4n) is 0.428. The van der Waals surface area contributed by atoms with E-state index < -0.39 is 0 Å². The number of hydrogen-bond donors (Lipinski definition) is 1. The van der Waals surface area contributed by atoms with Gasteiger partial charge in [-0.15, -0.1) is 6.58 Å². The zero-order valence-electron chi connectivity index (χ0n) is 6.91. The van der Waals surface area contributed by atoms with Crippen LogP contribution in [0.3, 0.4) is 0 Å². The maximum Gasteiger partial charge on any atom is 0.222 e. The Kier molecular flexibility index (Phi) is 5.89. The molecule has 11 heavy (non-hydrogen) atoms. The third-order valence-corrected chi connectivity index (χ3v) is 0.789. The summed E-state index contributed by atoms with van der Waals surface area (Å²) in [5, 5.41) is 2.80.